The van der Waals surface area contributed by atoms with Crippen LogP contribution in [-0.4, -0.2) is 45.4 Å². The number of carbonyl (C=O) groups excluding carboxylic acids is 2. The molecule has 1 rings (SSSR count). The molecule has 0 N–H and O–H groups in total. The molecule has 0 aliphatic carbocycles. The molecule has 110 valence electrons. The van der Waals surface area contributed by atoms with Gasteiger partial charge in [0.1, 0.15) is 17.3 Å². The van der Waals surface area contributed by atoms with Crippen LogP contribution in [0.1, 0.15) is 17.3 Å². The van der Waals surface area contributed by atoms with E-state index in [1.165, 1.54) is 19.2 Å². The van der Waals surface area contributed by atoms with Gasteiger partial charge in [-0.15, -0.1) is 0 Å². The van der Waals surface area contributed by atoms with Gasteiger partial charge in [-0.1, -0.05) is 0 Å². The number of esters is 1. The smallest absolute Gasteiger partial charge is 0.321 e. The van der Waals surface area contributed by atoms with Crippen LogP contribution in [0.15, 0.2) is 24.3 Å². The van der Waals surface area contributed by atoms with Gasteiger partial charge in [0.2, 0.25) is 0 Å². The zero-order chi connectivity index (χ0) is 15.2. The molecule has 0 amide bonds. The third-order valence-corrected chi connectivity index (χ3v) is 3.78. The second-order valence-corrected chi connectivity index (χ2v) is 6.05. The van der Waals surface area contributed by atoms with Crippen LogP contribution in [0.2, 0.25) is 0 Å². The maximum atomic E-state index is 11.8. The Labute approximate surface area is 117 Å². The highest BCUT2D eigenvalue weighted by atomic mass is 32.2. The van der Waals surface area contributed by atoms with Gasteiger partial charge >= 0.3 is 5.97 Å². The number of ketones is 1. The molecule has 0 fully saturated rings. The van der Waals surface area contributed by atoms with E-state index in [4.69, 9.17) is 4.74 Å². The third-order valence-electron chi connectivity index (χ3n) is 2.41. The highest BCUT2D eigenvalue weighted by Gasteiger charge is 2.22. The second-order valence-electron chi connectivity index (χ2n) is 3.99. The normalized spacial score (nSPS) is 10.9. The van der Waals surface area contributed by atoms with Crippen molar-refractivity contribution in [2.24, 2.45) is 0 Å². The number of Topliss-reactive ketones (excluding diaryl/α,β-unsaturated/α-hetero) is 1. The highest BCUT2D eigenvalue weighted by Crippen LogP contribution is 2.12. The summed E-state index contributed by atoms with van der Waals surface area (Å²) in [6.07, 6.45) is 0. The Morgan fingerprint density at radius 1 is 1.10 bits per heavy atom. The minimum Gasteiger partial charge on any atom is -0.497 e. The molecular formula is C13H16O6S. The molecule has 0 aliphatic rings. The Morgan fingerprint density at radius 2 is 1.70 bits per heavy atom. The number of hydrogen-bond acceptors (Lipinski definition) is 6. The molecule has 0 spiro atoms. The summed E-state index contributed by atoms with van der Waals surface area (Å²) in [4.78, 5) is 23.0. The maximum Gasteiger partial charge on any atom is 0.321 e. The lowest BCUT2D eigenvalue weighted by molar-refractivity contribution is -0.139. The molecule has 1 aromatic carbocycles. The number of benzene rings is 1. The van der Waals surface area contributed by atoms with E-state index in [0.717, 1.165) is 0 Å². The monoisotopic (exact) mass is 300 g/mol. The predicted molar refractivity (Wildman–Crippen MR) is 72.6 cm³/mol. The average molecular weight is 300 g/mol. The van der Waals surface area contributed by atoms with Gasteiger partial charge in [0.25, 0.3) is 0 Å². The van der Waals surface area contributed by atoms with Gasteiger partial charge in [-0.25, -0.2) is 8.42 Å². The average Bonchev–Trinajstić information content (AvgIpc) is 2.37. The minimum atomic E-state index is -3.82. The summed E-state index contributed by atoms with van der Waals surface area (Å²) in [5.41, 5.74) is 0.248. The van der Waals surface area contributed by atoms with E-state index in [1.54, 1.807) is 19.1 Å². The fourth-order valence-electron chi connectivity index (χ4n) is 1.49. The van der Waals surface area contributed by atoms with Gasteiger partial charge in [0.15, 0.2) is 15.6 Å². The first-order chi connectivity index (χ1) is 9.38. The predicted octanol–water partition coefficient (Wildman–Crippen LogP) is 0.856. The first-order valence-electron chi connectivity index (χ1n) is 5.91. The van der Waals surface area contributed by atoms with Crippen molar-refractivity contribution in [3.63, 3.8) is 0 Å². The third kappa shape index (κ3) is 5.00. The van der Waals surface area contributed by atoms with E-state index in [0.29, 0.717) is 5.75 Å². The van der Waals surface area contributed by atoms with Gasteiger partial charge in [-0.3, -0.25) is 9.59 Å². The van der Waals surface area contributed by atoms with Crippen molar-refractivity contribution < 1.29 is 27.5 Å². The summed E-state index contributed by atoms with van der Waals surface area (Å²) < 4.78 is 32.8. The van der Waals surface area contributed by atoms with Crippen molar-refractivity contribution in [3.8, 4) is 5.75 Å². The molecule has 6 nitrogen and oxygen atoms in total. The van der Waals surface area contributed by atoms with Crippen molar-refractivity contribution >= 4 is 21.6 Å². The molecule has 0 unspecified atom stereocenters. The fourth-order valence-corrected chi connectivity index (χ4v) is 2.60. The van der Waals surface area contributed by atoms with Crippen LogP contribution in [0, 0.1) is 0 Å². The van der Waals surface area contributed by atoms with Crippen molar-refractivity contribution in [3.05, 3.63) is 29.8 Å². The molecule has 20 heavy (non-hydrogen) atoms. The van der Waals surface area contributed by atoms with Crippen molar-refractivity contribution in [1.82, 2.24) is 0 Å². The molecule has 0 heterocycles. The molecule has 7 heteroatoms. The van der Waals surface area contributed by atoms with Gasteiger partial charge in [-0.05, 0) is 31.2 Å². The molecule has 0 aliphatic heterocycles. The van der Waals surface area contributed by atoms with E-state index in [2.05, 4.69) is 4.74 Å². The zero-order valence-corrected chi connectivity index (χ0v) is 12.1. The molecule has 0 bridgehead atoms. The van der Waals surface area contributed by atoms with Gasteiger partial charge in [-0.2, -0.15) is 0 Å². The SMILES string of the molecule is CCOC(=O)CS(=O)(=O)CC(=O)c1ccc(OC)cc1. The Kier molecular flexibility index (Phi) is 5.69. The van der Waals surface area contributed by atoms with Crippen LogP contribution in [-0.2, 0) is 19.4 Å². The summed E-state index contributed by atoms with van der Waals surface area (Å²) in [7, 11) is -2.33. The first-order valence-corrected chi connectivity index (χ1v) is 7.73. The van der Waals surface area contributed by atoms with E-state index < -0.39 is 33.1 Å². The topological polar surface area (TPSA) is 86.7 Å². The Morgan fingerprint density at radius 3 is 2.20 bits per heavy atom. The second kappa shape index (κ2) is 7.04. The molecular weight excluding hydrogens is 284 g/mol. The van der Waals surface area contributed by atoms with Crippen LogP contribution in [0.25, 0.3) is 0 Å². The number of methoxy groups -OCH3 is 1. The zero-order valence-electron chi connectivity index (χ0n) is 11.3. The highest BCUT2D eigenvalue weighted by molar-refractivity contribution is 7.92. The summed E-state index contributed by atoms with van der Waals surface area (Å²) in [6, 6.07) is 6.07. The summed E-state index contributed by atoms with van der Waals surface area (Å²) >= 11 is 0. The standard InChI is InChI=1S/C13H16O6S/c1-3-19-13(15)9-20(16,17)8-12(14)10-4-6-11(18-2)7-5-10/h4-7H,3,8-9H2,1-2H3. The Bertz CT molecular complexity index is 573. The Balaban J connectivity index is 2.71. The molecule has 1 aromatic rings. The van der Waals surface area contributed by atoms with E-state index >= 15 is 0 Å². The van der Waals surface area contributed by atoms with Gasteiger partial charge in [0, 0.05) is 5.56 Å². The van der Waals surface area contributed by atoms with E-state index in [1.807, 2.05) is 0 Å². The molecule has 0 radical (unpaired) electrons. The van der Waals surface area contributed by atoms with Crippen LogP contribution in [0.4, 0.5) is 0 Å². The Hall–Kier alpha value is -1.89. The number of rotatable bonds is 7. The summed E-state index contributed by atoms with van der Waals surface area (Å²) in [5.74, 6) is -2.37. The van der Waals surface area contributed by atoms with Crippen LogP contribution < -0.4 is 4.74 Å². The lowest BCUT2D eigenvalue weighted by Gasteiger charge is -2.05. The number of carbonyl (C=O) groups is 2. The molecule has 0 atom stereocenters. The lowest BCUT2D eigenvalue weighted by Crippen LogP contribution is -2.25. The largest absolute Gasteiger partial charge is 0.497 e. The summed E-state index contributed by atoms with van der Waals surface area (Å²) in [6.45, 7) is 1.67. The van der Waals surface area contributed by atoms with E-state index in [9.17, 15) is 18.0 Å². The number of sulfone groups is 1. The minimum absolute atomic E-state index is 0.0980. The van der Waals surface area contributed by atoms with Crippen molar-refractivity contribution in [1.29, 1.82) is 0 Å². The first kappa shape index (κ1) is 16.2. The number of hydrogen-bond donors (Lipinski definition) is 0. The fraction of sp³-hybridized carbons (Fsp3) is 0.385. The molecule has 0 aromatic heterocycles. The van der Waals surface area contributed by atoms with Crippen molar-refractivity contribution in [2.75, 3.05) is 25.2 Å². The van der Waals surface area contributed by atoms with Gasteiger partial charge in [0.05, 0.1) is 13.7 Å². The molecule has 0 saturated carbocycles. The summed E-state index contributed by atoms with van der Waals surface area (Å²) in [5, 5.41) is 0. The van der Waals surface area contributed by atoms with Crippen molar-refractivity contribution in [2.45, 2.75) is 6.92 Å². The lowest BCUT2D eigenvalue weighted by atomic mass is 10.1. The maximum absolute atomic E-state index is 11.8. The van der Waals surface area contributed by atoms with Crippen LogP contribution >= 0.6 is 0 Å². The van der Waals surface area contributed by atoms with E-state index in [-0.39, 0.29) is 12.2 Å². The van der Waals surface area contributed by atoms with Crippen LogP contribution in [0.5, 0.6) is 5.75 Å². The quantitative estimate of drug-likeness (QED) is 0.548. The van der Waals surface area contributed by atoms with Crippen LogP contribution in [0.3, 0.4) is 0 Å². The number of ether oxygens (including phenoxy) is 2. The van der Waals surface area contributed by atoms with Gasteiger partial charge < -0.3 is 9.47 Å². The molecule has 0 saturated heterocycles.